The molecular weight excluding hydrogens is 283 g/mol. The summed E-state index contributed by atoms with van der Waals surface area (Å²) in [7, 11) is 0. The van der Waals surface area contributed by atoms with Gasteiger partial charge in [0.05, 0.1) is 0 Å². The summed E-state index contributed by atoms with van der Waals surface area (Å²) < 4.78 is 45.2. The second-order valence-corrected chi connectivity index (χ2v) is 5.66. The van der Waals surface area contributed by atoms with Gasteiger partial charge >= 0.3 is 6.36 Å². The summed E-state index contributed by atoms with van der Waals surface area (Å²) in [4.78, 5) is 0. The van der Waals surface area contributed by atoms with Crippen LogP contribution < -0.4 is 14.8 Å². The van der Waals surface area contributed by atoms with E-state index in [0.717, 1.165) is 5.57 Å². The highest BCUT2D eigenvalue weighted by Crippen LogP contribution is 2.24. The molecule has 118 valence electrons. The maximum atomic E-state index is 12.0. The fraction of sp³-hybridized carbons (Fsp3) is 0.467. The quantitative estimate of drug-likeness (QED) is 0.808. The zero-order valence-electron chi connectivity index (χ0n) is 12.4. The van der Waals surface area contributed by atoms with Gasteiger partial charge in [-0.05, 0) is 50.6 Å². The van der Waals surface area contributed by atoms with Crippen molar-refractivity contribution in [1.82, 2.24) is 5.32 Å². The van der Waals surface area contributed by atoms with Crippen LogP contribution in [0, 0.1) is 0 Å². The Balaban J connectivity index is 2.41. The van der Waals surface area contributed by atoms with Crippen LogP contribution in [-0.2, 0) is 0 Å². The molecular formula is C15H20F3NO2. The van der Waals surface area contributed by atoms with E-state index in [9.17, 15) is 13.2 Å². The SMILES string of the molecule is C=C(CNC(C)(C)C)COc1ccc(OC(F)(F)F)cc1. The zero-order chi connectivity index (χ0) is 16.1. The van der Waals surface area contributed by atoms with Crippen LogP contribution in [0.15, 0.2) is 36.4 Å². The van der Waals surface area contributed by atoms with Crippen LogP contribution >= 0.6 is 0 Å². The molecule has 6 heteroatoms. The maximum Gasteiger partial charge on any atom is 0.573 e. The highest BCUT2D eigenvalue weighted by Gasteiger charge is 2.30. The van der Waals surface area contributed by atoms with E-state index in [-0.39, 0.29) is 11.3 Å². The van der Waals surface area contributed by atoms with E-state index < -0.39 is 6.36 Å². The molecule has 21 heavy (non-hydrogen) atoms. The third-order valence-corrected chi connectivity index (χ3v) is 2.37. The number of ether oxygens (including phenoxy) is 2. The monoisotopic (exact) mass is 303 g/mol. The van der Waals surface area contributed by atoms with Gasteiger partial charge < -0.3 is 14.8 Å². The van der Waals surface area contributed by atoms with E-state index in [1.54, 1.807) is 0 Å². The van der Waals surface area contributed by atoms with Crippen molar-refractivity contribution in [2.75, 3.05) is 13.2 Å². The van der Waals surface area contributed by atoms with Crippen LogP contribution in [0.5, 0.6) is 11.5 Å². The van der Waals surface area contributed by atoms with E-state index in [1.165, 1.54) is 24.3 Å². The molecule has 0 fully saturated rings. The lowest BCUT2D eigenvalue weighted by atomic mass is 10.1. The molecule has 3 nitrogen and oxygen atoms in total. The molecule has 0 atom stereocenters. The largest absolute Gasteiger partial charge is 0.573 e. The van der Waals surface area contributed by atoms with Gasteiger partial charge in [0.15, 0.2) is 0 Å². The first-order chi connectivity index (χ1) is 9.55. The lowest BCUT2D eigenvalue weighted by molar-refractivity contribution is -0.274. The molecule has 0 unspecified atom stereocenters. The number of rotatable bonds is 6. The Bertz CT molecular complexity index is 461. The number of halogens is 3. The van der Waals surface area contributed by atoms with Crippen molar-refractivity contribution in [3.05, 3.63) is 36.4 Å². The zero-order valence-corrected chi connectivity index (χ0v) is 12.4. The van der Waals surface area contributed by atoms with Crippen molar-refractivity contribution in [3.8, 4) is 11.5 Å². The second-order valence-electron chi connectivity index (χ2n) is 5.66. The van der Waals surface area contributed by atoms with Gasteiger partial charge in [-0.2, -0.15) is 0 Å². The van der Waals surface area contributed by atoms with Crippen LogP contribution in [0.1, 0.15) is 20.8 Å². The van der Waals surface area contributed by atoms with E-state index in [1.807, 2.05) is 20.8 Å². The Morgan fingerprint density at radius 3 is 2.10 bits per heavy atom. The highest BCUT2D eigenvalue weighted by molar-refractivity contribution is 5.31. The predicted octanol–water partition coefficient (Wildman–Crippen LogP) is 3.91. The number of hydrogen-bond acceptors (Lipinski definition) is 3. The summed E-state index contributed by atoms with van der Waals surface area (Å²) in [5.74, 6) is 0.185. The Morgan fingerprint density at radius 2 is 1.62 bits per heavy atom. The molecule has 0 spiro atoms. The fourth-order valence-electron chi connectivity index (χ4n) is 1.36. The van der Waals surface area contributed by atoms with E-state index in [2.05, 4.69) is 16.6 Å². The van der Waals surface area contributed by atoms with Crippen LogP contribution in [0.3, 0.4) is 0 Å². The molecule has 0 aliphatic carbocycles. The van der Waals surface area contributed by atoms with Crippen LogP contribution in [0.2, 0.25) is 0 Å². The Morgan fingerprint density at radius 1 is 1.10 bits per heavy atom. The summed E-state index contributed by atoms with van der Waals surface area (Å²) in [6, 6.07) is 5.26. The van der Waals surface area contributed by atoms with E-state index in [4.69, 9.17) is 4.74 Å². The molecule has 1 aromatic rings. The molecule has 0 saturated carbocycles. The van der Waals surface area contributed by atoms with E-state index >= 15 is 0 Å². The Labute approximate surface area is 122 Å². The summed E-state index contributed by atoms with van der Waals surface area (Å²) in [6.07, 6.45) is -4.69. The third kappa shape index (κ3) is 8.24. The minimum absolute atomic E-state index is 0.0144. The number of benzene rings is 1. The number of alkyl halides is 3. The first kappa shape index (κ1) is 17.4. The molecule has 1 rings (SSSR count). The summed E-state index contributed by atoms with van der Waals surface area (Å²) >= 11 is 0. The van der Waals surface area contributed by atoms with Crippen LogP contribution in [-0.4, -0.2) is 25.1 Å². The normalized spacial score (nSPS) is 12.1. The predicted molar refractivity (Wildman–Crippen MR) is 75.5 cm³/mol. The number of hydrogen-bond donors (Lipinski definition) is 1. The summed E-state index contributed by atoms with van der Waals surface area (Å²) in [5, 5.41) is 3.27. The molecule has 0 amide bonds. The molecule has 0 aliphatic rings. The van der Waals surface area contributed by atoms with Gasteiger partial charge in [0.2, 0.25) is 0 Å². The highest BCUT2D eigenvalue weighted by atomic mass is 19.4. The minimum Gasteiger partial charge on any atom is -0.489 e. The van der Waals surface area contributed by atoms with Gasteiger partial charge in [-0.25, -0.2) is 0 Å². The molecule has 1 aromatic carbocycles. The second kappa shape index (κ2) is 6.85. The lowest BCUT2D eigenvalue weighted by Crippen LogP contribution is -2.37. The Kier molecular flexibility index (Phi) is 5.66. The summed E-state index contributed by atoms with van der Waals surface area (Å²) in [5.41, 5.74) is 0.833. The first-order valence-electron chi connectivity index (χ1n) is 6.45. The molecule has 0 aromatic heterocycles. The summed E-state index contributed by atoms with van der Waals surface area (Å²) in [6.45, 7) is 10.9. The topological polar surface area (TPSA) is 30.5 Å². The maximum absolute atomic E-state index is 12.0. The van der Waals surface area contributed by atoms with Crippen molar-refractivity contribution < 1.29 is 22.6 Å². The van der Waals surface area contributed by atoms with Gasteiger partial charge in [0, 0.05) is 12.1 Å². The lowest BCUT2D eigenvalue weighted by Gasteiger charge is -2.21. The molecule has 0 aliphatic heterocycles. The minimum atomic E-state index is -4.69. The fourth-order valence-corrected chi connectivity index (χ4v) is 1.36. The van der Waals surface area contributed by atoms with Gasteiger partial charge in [-0.1, -0.05) is 6.58 Å². The molecule has 0 radical (unpaired) electrons. The molecule has 0 saturated heterocycles. The first-order valence-corrected chi connectivity index (χ1v) is 6.45. The van der Waals surface area contributed by atoms with Crippen molar-refractivity contribution in [2.24, 2.45) is 0 Å². The molecule has 0 heterocycles. The molecule has 0 bridgehead atoms. The molecule has 1 N–H and O–H groups in total. The van der Waals surface area contributed by atoms with Gasteiger partial charge in [0.25, 0.3) is 0 Å². The van der Waals surface area contributed by atoms with Crippen LogP contribution in [0.4, 0.5) is 13.2 Å². The number of nitrogens with one attached hydrogen (secondary N) is 1. The Hall–Kier alpha value is -1.69. The van der Waals surface area contributed by atoms with Crippen LogP contribution in [0.25, 0.3) is 0 Å². The third-order valence-electron chi connectivity index (χ3n) is 2.37. The van der Waals surface area contributed by atoms with Crippen molar-refractivity contribution in [3.63, 3.8) is 0 Å². The standard InChI is InChI=1S/C15H20F3NO2/c1-11(9-19-14(2,3)4)10-20-12-5-7-13(8-6-12)21-15(16,17)18/h5-8,19H,1,9-10H2,2-4H3. The van der Waals surface area contributed by atoms with Crippen molar-refractivity contribution in [2.45, 2.75) is 32.7 Å². The van der Waals surface area contributed by atoms with E-state index in [0.29, 0.717) is 18.9 Å². The average Bonchev–Trinajstić information content (AvgIpc) is 2.33. The average molecular weight is 303 g/mol. The van der Waals surface area contributed by atoms with Gasteiger partial charge in [-0.3, -0.25) is 0 Å². The van der Waals surface area contributed by atoms with Gasteiger partial charge in [0.1, 0.15) is 18.1 Å². The van der Waals surface area contributed by atoms with Crippen molar-refractivity contribution in [1.29, 1.82) is 0 Å². The smallest absolute Gasteiger partial charge is 0.489 e. The van der Waals surface area contributed by atoms with Gasteiger partial charge in [-0.15, -0.1) is 13.2 Å². The van der Waals surface area contributed by atoms with Crippen molar-refractivity contribution >= 4 is 0 Å².